The van der Waals surface area contributed by atoms with Gasteiger partial charge in [0.2, 0.25) is 11.5 Å². The molecule has 4 aromatic rings. The van der Waals surface area contributed by atoms with E-state index in [1.165, 1.54) is 66.7 Å². The quantitative estimate of drug-likeness (QED) is 0.166. The number of aromatic hydroxyl groups is 6. The minimum Gasteiger partial charge on any atom is -0.508 e. The first kappa shape index (κ1) is 26.4. The van der Waals surface area contributed by atoms with Gasteiger partial charge in [-0.15, -0.1) is 0 Å². The summed E-state index contributed by atoms with van der Waals surface area (Å²) in [6.07, 6.45) is -6.87. The Bertz CT molecular complexity index is 1620. The third kappa shape index (κ3) is 4.18. The van der Waals surface area contributed by atoms with Gasteiger partial charge in [-0.25, -0.2) is 0 Å². The summed E-state index contributed by atoms with van der Waals surface area (Å²) in [5.41, 5.74) is 0.799. The summed E-state index contributed by atoms with van der Waals surface area (Å²) in [7, 11) is 0. The summed E-state index contributed by atoms with van der Waals surface area (Å²) in [6.45, 7) is 0. The monoisotopic (exact) mass is 562 g/mol. The Morgan fingerprint density at radius 1 is 0.488 bits per heavy atom. The lowest BCUT2D eigenvalue weighted by Crippen LogP contribution is -2.36. The molecule has 2 heterocycles. The van der Waals surface area contributed by atoms with E-state index in [1.807, 2.05) is 0 Å². The average Bonchev–Trinajstić information content (AvgIpc) is 2.96. The van der Waals surface area contributed by atoms with Crippen molar-refractivity contribution in [3.8, 4) is 46.0 Å². The first-order valence-corrected chi connectivity index (χ1v) is 12.7. The Balaban J connectivity index is 1.49. The lowest BCUT2D eigenvalue weighted by molar-refractivity contribution is -0.0711. The van der Waals surface area contributed by atoms with Gasteiger partial charge in [0.1, 0.15) is 29.8 Å². The Kier molecular flexibility index (Phi) is 6.22. The Hall–Kier alpha value is -4.84. The molecule has 212 valence electrons. The number of phenols is 6. The lowest BCUT2D eigenvalue weighted by atomic mass is 9.78. The largest absolute Gasteiger partial charge is 0.508 e. The van der Waals surface area contributed by atoms with E-state index in [-0.39, 0.29) is 39.7 Å². The van der Waals surface area contributed by atoms with Gasteiger partial charge in [-0.05, 0) is 47.5 Å². The highest BCUT2D eigenvalue weighted by molar-refractivity contribution is 5.65. The molecular formula is C30H26O11. The van der Waals surface area contributed by atoms with Gasteiger partial charge >= 0.3 is 0 Å². The second-order valence-electron chi connectivity index (χ2n) is 10.1. The molecule has 0 aliphatic carbocycles. The van der Waals surface area contributed by atoms with Crippen LogP contribution in [-0.2, 0) is 0 Å². The van der Waals surface area contributed by atoms with Gasteiger partial charge < -0.3 is 55.4 Å². The number of hydrogen-bond acceptors (Lipinski definition) is 11. The fraction of sp³-hybridized carbons (Fsp3) is 0.200. The lowest BCUT2D eigenvalue weighted by Gasteiger charge is -2.39. The number of phenolic OH excluding ortho intramolecular Hbond substituents is 6. The van der Waals surface area contributed by atoms with Gasteiger partial charge in [0.05, 0.1) is 0 Å². The number of benzene rings is 4. The summed E-state index contributed by atoms with van der Waals surface area (Å²) in [4.78, 5) is 0. The summed E-state index contributed by atoms with van der Waals surface area (Å²) in [5, 5.41) is 96.0. The number of aliphatic hydroxyl groups excluding tert-OH is 3. The fourth-order valence-corrected chi connectivity index (χ4v) is 5.52. The van der Waals surface area contributed by atoms with E-state index in [4.69, 9.17) is 9.47 Å². The number of fused-ring (bicyclic) bond motifs is 2. The molecule has 9 N–H and O–H groups in total. The maximum Gasteiger partial charge on any atom is 0.201 e. The zero-order valence-corrected chi connectivity index (χ0v) is 21.2. The predicted molar refractivity (Wildman–Crippen MR) is 141 cm³/mol. The van der Waals surface area contributed by atoms with Crippen molar-refractivity contribution in [1.82, 2.24) is 0 Å². The second-order valence-corrected chi connectivity index (χ2v) is 10.1. The summed E-state index contributed by atoms with van der Waals surface area (Å²) >= 11 is 0. The van der Waals surface area contributed by atoms with Gasteiger partial charge in [0.25, 0.3) is 0 Å². The Morgan fingerprint density at radius 3 is 1.56 bits per heavy atom. The minimum absolute atomic E-state index is 0.0228. The van der Waals surface area contributed by atoms with Crippen molar-refractivity contribution in [2.45, 2.75) is 36.4 Å². The number of rotatable bonds is 3. The van der Waals surface area contributed by atoms with Crippen LogP contribution >= 0.6 is 0 Å². The molecule has 11 nitrogen and oxygen atoms in total. The van der Waals surface area contributed by atoms with Crippen molar-refractivity contribution in [3.05, 3.63) is 94.5 Å². The summed E-state index contributed by atoms with van der Waals surface area (Å²) < 4.78 is 11.7. The highest BCUT2D eigenvalue weighted by atomic mass is 16.5. The van der Waals surface area contributed by atoms with E-state index in [9.17, 15) is 46.0 Å². The molecule has 6 rings (SSSR count). The van der Waals surface area contributed by atoms with Crippen LogP contribution in [0.5, 0.6) is 46.0 Å². The van der Waals surface area contributed by atoms with Crippen LogP contribution < -0.4 is 9.47 Å². The average molecular weight is 563 g/mol. The number of ether oxygens (including phenoxy) is 2. The van der Waals surface area contributed by atoms with Crippen molar-refractivity contribution in [1.29, 1.82) is 0 Å². The molecule has 0 saturated heterocycles. The molecule has 11 heteroatoms. The van der Waals surface area contributed by atoms with Crippen molar-refractivity contribution in [2.75, 3.05) is 0 Å². The van der Waals surface area contributed by atoms with E-state index < -0.39 is 59.4 Å². The molecule has 41 heavy (non-hydrogen) atoms. The Labute approximate surface area is 232 Å². The van der Waals surface area contributed by atoms with Gasteiger partial charge in [-0.2, -0.15) is 0 Å². The zero-order chi connectivity index (χ0) is 29.2. The van der Waals surface area contributed by atoms with Gasteiger partial charge in [0.15, 0.2) is 35.2 Å². The van der Waals surface area contributed by atoms with Crippen molar-refractivity contribution >= 4 is 0 Å². The van der Waals surface area contributed by atoms with E-state index in [2.05, 4.69) is 0 Å². The first-order valence-electron chi connectivity index (χ1n) is 12.7. The van der Waals surface area contributed by atoms with Crippen LogP contribution in [-0.4, -0.2) is 58.2 Å². The van der Waals surface area contributed by atoms with Crippen LogP contribution in [0.3, 0.4) is 0 Å². The molecule has 2 aliphatic rings. The molecule has 0 aromatic heterocycles. The highest BCUT2D eigenvalue weighted by Crippen LogP contribution is 2.57. The van der Waals surface area contributed by atoms with Crippen LogP contribution in [0.25, 0.3) is 0 Å². The third-order valence-electron chi connectivity index (χ3n) is 7.63. The zero-order valence-electron chi connectivity index (χ0n) is 21.2. The predicted octanol–water partition coefficient (Wildman–Crippen LogP) is 3.07. The van der Waals surface area contributed by atoms with Crippen molar-refractivity contribution in [2.24, 2.45) is 0 Å². The van der Waals surface area contributed by atoms with Crippen LogP contribution in [0.1, 0.15) is 52.0 Å². The molecule has 6 atom stereocenters. The van der Waals surface area contributed by atoms with Crippen molar-refractivity contribution < 1.29 is 55.4 Å². The maximum absolute atomic E-state index is 11.6. The molecule has 0 amide bonds. The standard InChI is InChI=1S/C30H26O11/c31-14-5-1-12(2-6-14)27-24(37)20(16-9-10-19(33)23(36)29(16)40-27)17-11-18-22(35)25(38)28(13-3-7-15(32)8-4-13)41-30(18)26(39)21(17)34/h1-11,20,22,24-25,27-28,31-39H/t20-,22+,24-,25-,27-,28-/m1/s1. The highest BCUT2D eigenvalue weighted by Gasteiger charge is 2.45. The fourth-order valence-electron chi connectivity index (χ4n) is 5.52. The molecule has 0 spiro atoms. The van der Waals surface area contributed by atoms with Crippen LogP contribution in [0.4, 0.5) is 0 Å². The van der Waals surface area contributed by atoms with Crippen LogP contribution in [0.15, 0.2) is 66.7 Å². The summed E-state index contributed by atoms with van der Waals surface area (Å²) in [5.74, 6) is -4.25. The first-order chi connectivity index (χ1) is 19.6. The smallest absolute Gasteiger partial charge is 0.201 e. The molecular weight excluding hydrogens is 536 g/mol. The Morgan fingerprint density at radius 2 is 1.00 bits per heavy atom. The molecule has 2 aliphatic heterocycles. The normalized spacial score (nSPS) is 25.0. The van der Waals surface area contributed by atoms with E-state index in [0.29, 0.717) is 11.1 Å². The van der Waals surface area contributed by atoms with Gasteiger partial charge in [0, 0.05) is 22.6 Å². The van der Waals surface area contributed by atoms with Gasteiger partial charge in [-0.1, -0.05) is 30.3 Å². The van der Waals surface area contributed by atoms with Crippen LogP contribution in [0.2, 0.25) is 0 Å². The van der Waals surface area contributed by atoms with E-state index >= 15 is 0 Å². The molecule has 0 radical (unpaired) electrons. The number of hydrogen-bond donors (Lipinski definition) is 9. The molecule has 0 unspecified atom stereocenters. The topological polar surface area (TPSA) is 201 Å². The van der Waals surface area contributed by atoms with Gasteiger partial charge in [-0.3, -0.25) is 0 Å². The molecule has 0 saturated carbocycles. The van der Waals surface area contributed by atoms with Crippen LogP contribution in [0, 0.1) is 0 Å². The second kappa shape index (κ2) is 9.66. The van der Waals surface area contributed by atoms with E-state index in [0.717, 1.165) is 0 Å². The minimum atomic E-state index is -1.60. The molecule has 0 bridgehead atoms. The molecule has 0 fully saturated rings. The maximum atomic E-state index is 11.6. The summed E-state index contributed by atoms with van der Waals surface area (Å²) in [6, 6.07) is 15.3. The van der Waals surface area contributed by atoms with E-state index in [1.54, 1.807) is 0 Å². The number of aliphatic hydroxyl groups is 3. The SMILES string of the molecule is Oc1ccc([C@H]2Oc3c(ccc(O)c3O)[C@H](c3cc4c(c(O)c3O)O[C@H](c3ccc(O)cc3)[C@H](O)[C@H]4O)[C@H]2O)cc1. The van der Waals surface area contributed by atoms with Crippen molar-refractivity contribution in [3.63, 3.8) is 0 Å². The third-order valence-corrected chi connectivity index (χ3v) is 7.63. The molecule has 4 aromatic carbocycles.